The lowest BCUT2D eigenvalue weighted by Gasteiger charge is -2.34. The molecule has 0 aliphatic heterocycles. The van der Waals surface area contributed by atoms with Gasteiger partial charge < -0.3 is 9.88 Å². The Morgan fingerprint density at radius 3 is 2.84 bits per heavy atom. The fraction of sp³-hybridized carbons (Fsp3) is 0.812. The minimum Gasteiger partial charge on any atom is -0.334 e. The number of imidazole rings is 1. The topological polar surface area (TPSA) is 29.9 Å². The minimum atomic E-state index is 0.410. The van der Waals surface area contributed by atoms with Crippen molar-refractivity contribution in [3.05, 3.63) is 18.2 Å². The van der Waals surface area contributed by atoms with Crippen molar-refractivity contribution in [2.24, 2.45) is 11.3 Å². The zero-order chi connectivity index (χ0) is 13.9. The number of nitrogens with one attached hydrogen (secondary N) is 1. The first kappa shape index (κ1) is 14.6. The number of rotatable bonds is 6. The maximum Gasteiger partial charge on any atom is 0.126 e. The maximum atomic E-state index is 4.65. The number of aryl methyl sites for hydroxylation is 1. The van der Waals surface area contributed by atoms with E-state index in [0.717, 1.165) is 13.1 Å². The molecule has 2 rings (SSSR count). The van der Waals surface area contributed by atoms with Crippen molar-refractivity contribution in [1.29, 1.82) is 0 Å². The molecule has 1 aromatic heterocycles. The molecule has 0 saturated heterocycles. The number of hydrogen-bond acceptors (Lipinski definition) is 2. The normalized spacial score (nSPS) is 23.7. The van der Waals surface area contributed by atoms with Crippen molar-refractivity contribution in [2.75, 3.05) is 6.54 Å². The van der Waals surface area contributed by atoms with Crippen LogP contribution in [0.1, 0.15) is 65.2 Å². The molecule has 1 aromatic rings. The van der Waals surface area contributed by atoms with Gasteiger partial charge in [-0.15, -0.1) is 0 Å². The molecule has 0 amide bonds. The van der Waals surface area contributed by atoms with Gasteiger partial charge in [0.2, 0.25) is 0 Å². The molecule has 0 radical (unpaired) electrons. The van der Waals surface area contributed by atoms with Crippen molar-refractivity contribution < 1.29 is 0 Å². The molecule has 1 saturated carbocycles. The molecule has 0 bridgehead atoms. The van der Waals surface area contributed by atoms with E-state index in [0.29, 0.717) is 17.4 Å². The first-order chi connectivity index (χ1) is 9.10. The number of aromatic nitrogens is 2. The third-order valence-corrected chi connectivity index (χ3v) is 4.72. The second-order valence-corrected chi connectivity index (χ2v) is 6.49. The van der Waals surface area contributed by atoms with Crippen LogP contribution in [-0.2, 0) is 6.54 Å². The number of hydrogen-bond donors (Lipinski definition) is 1. The highest BCUT2D eigenvalue weighted by atomic mass is 15.1. The molecule has 3 heteroatoms. The summed E-state index contributed by atoms with van der Waals surface area (Å²) in [5.41, 5.74) is 0.427. The van der Waals surface area contributed by atoms with Crippen LogP contribution in [-0.4, -0.2) is 16.1 Å². The molecular weight excluding hydrogens is 234 g/mol. The third-order valence-electron chi connectivity index (χ3n) is 4.72. The Kier molecular flexibility index (Phi) is 4.67. The first-order valence-corrected chi connectivity index (χ1v) is 7.84. The lowest BCUT2D eigenvalue weighted by molar-refractivity contribution is 0.189. The Balaban J connectivity index is 2.25. The summed E-state index contributed by atoms with van der Waals surface area (Å²) < 4.78 is 2.29. The first-order valence-electron chi connectivity index (χ1n) is 7.84. The summed E-state index contributed by atoms with van der Waals surface area (Å²) in [6.07, 6.45) is 9.25. The quantitative estimate of drug-likeness (QED) is 0.846. The molecule has 2 unspecified atom stereocenters. The van der Waals surface area contributed by atoms with Gasteiger partial charge in [-0.1, -0.05) is 27.2 Å². The van der Waals surface area contributed by atoms with Gasteiger partial charge in [-0.25, -0.2) is 4.98 Å². The summed E-state index contributed by atoms with van der Waals surface area (Å²) in [6, 6.07) is 0.410. The highest BCUT2D eigenvalue weighted by molar-refractivity contribution is 5.06. The standard InChI is InChI=1S/C16H29N3/c1-5-10-17-14(13-8-7-9-16(13,3)4)15-18-11-12-19(15)6-2/h11-14,17H,5-10H2,1-4H3. The van der Waals surface area contributed by atoms with Crippen molar-refractivity contribution >= 4 is 0 Å². The van der Waals surface area contributed by atoms with Gasteiger partial charge in [0.1, 0.15) is 5.82 Å². The van der Waals surface area contributed by atoms with Crippen LogP contribution >= 0.6 is 0 Å². The smallest absolute Gasteiger partial charge is 0.126 e. The van der Waals surface area contributed by atoms with Crippen LogP contribution in [0, 0.1) is 11.3 Å². The van der Waals surface area contributed by atoms with Gasteiger partial charge >= 0.3 is 0 Å². The molecule has 1 aliphatic carbocycles. The van der Waals surface area contributed by atoms with E-state index in [1.807, 2.05) is 6.20 Å². The van der Waals surface area contributed by atoms with Crippen molar-refractivity contribution in [3.8, 4) is 0 Å². The minimum absolute atomic E-state index is 0.410. The van der Waals surface area contributed by atoms with Crippen molar-refractivity contribution in [3.63, 3.8) is 0 Å². The van der Waals surface area contributed by atoms with E-state index in [1.165, 1.54) is 31.5 Å². The fourth-order valence-electron chi connectivity index (χ4n) is 3.55. The average molecular weight is 263 g/mol. The largest absolute Gasteiger partial charge is 0.334 e. The molecule has 1 heterocycles. The molecule has 2 atom stereocenters. The summed E-state index contributed by atoms with van der Waals surface area (Å²) in [7, 11) is 0. The van der Waals surface area contributed by atoms with Crippen LogP contribution in [0.2, 0.25) is 0 Å². The molecule has 1 aliphatic rings. The van der Waals surface area contributed by atoms with Gasteiger partial charge in [-0.05, 0) is 44.1 Å². The van der Waals surface area contributed by atoms with Crippen LogP contribution in [0.5, 0.6) is 0 Å². The van der Waals surface area contributed by atoms with Crippen LogP contribution in [0.3, 0.4) is 0 Å². The molecule has 3 nitrogen and oxygen atoms in total. The second-order valence-electron chi connectivity index (χ2n) is 6.49. The average Bonchev–Trinajstić information content (AvgIpc) is 2.97. The lowest BCUT2D eigenvalue weighted by Crippen LogP contribution is -2.36. The highest BCUT2D eigenvalue weighted by Gasteiger charge is 2.41. The summed E-state index contributed by atoms with van der Waals surface area (Å²) in [4.78, 5) is 4.65. The Morgan fingerprint density at radius 2 is 2.26 bits per heavy atom. The molecule has 19 heavy (non-hydrogen) atoms. The van der Waals surface area contributed by atoms with Crippen LogP contribution in [0.25, 0.3) is 0 Å². The zero-order valence-electron chi connectivity index (χ0n) is 12.9. The molecule has 0 aromatic carbocycles. The van der Waals surface area contributed by atoms with Gasteiger partial charge in [0, 0.05) is 18.9 Å². The van der Waals surface area contributed by atoms with Gasteiger partial charge in [0.15, 0.2) is 0 Å². The van der Waals surface area contributed by atoms with Gasteiger partial charge in [-0.3, -0.25) is 0 Å². The molecular formula is C16H29N3. The van der Waals surface area contributed by atoms with Crippen LogP contribution in [0.4, 0.5) is 0 Å². The predicted molar refractivity (Wildman–Crippen MR) is 80.1 cm³/mol. The maximum absolute atomic E-state index is 4.65. The molecule has 108 valence electrons. The van der Waals surface area contributed by atoms with Gasteiger partial charge in [0.25, 0.3) is 0 Å². The van der Waals surface area contributed by atoms with Crippen LogP contribution in [0.15, 0.2) is 12.4 Å². The molecule has 0 spiro atoms. The van der Waals surface area contributed by atoms with Crippen LogP contribution < -0.4 is 5.32 Å². The monoisotopic (exact) mass is 263 g/mol. The van der Waals surface area contributed by atoms with E-state index in [-0.39, 0.29) is 0 Å². The zero-order valence-corrected chi connectivity index (χ0v) is 12.9. The Hall–Kier alpha value is -0.830. The number of nitrogens with zero attached hydrogens (tertiary/aromatic N) is 2. The summed E-state index contributed by atoms with van der Waals surface area (Å²) >= 11 is 0. The van der Waals surface area contributed by atoms with Gasteiger partial charge in [0.05, 0.1) is 6.04 Å². The second kappa shape index (κ2) is 6.08. The third kappa shape index (κ3) is 3.02. The van der Waals surface area contributed by atoms with Crippen molar-refractivity contribution in [1.82, 2.24) is 14.9 Å². The predicted octanol–water partition coefficient (Wildman–Crippen LogP) is 3.77. The van der Waals surface area contributed by atoms with E-state index in [2.05, 4.69) is 48.8 Å². The Bertz CT molecular complexity index is 394. The summed E-state index contributed by atoms with van der Waals surface area (Å²) in [5, 5.41) is 3.76. The Morgan fingerprint density at radius 1 is 1.47 bits per heavy atom. The van der Waals surface area contributed by atoms with E-state index < -0.39 is 0 Å². The Labute approximate surface area is 117 Å². The van der Waals surface area contributed by atoms with E-state index in [4.69, 9.17) is 0 Å². The lowest BCUT2D eigenvalue weighted by atomic mass is 9.77. The summed E-state index contributed by atoms with van der Waals surface area (Å²) in [5.74, 6) is 1.93. The van der Waals surface area contributed by atoms with E-state index >= 15 is 0 Å². The van der Waals surface area contributed by atoms with Gasteiger partial charge in [-0.2, -0.15) is 0 Å². The summed E-state index contributed by atoms with van der Waals surface area (Å²) in [6.45, 7) is 11.4. The van der Waals surface area contributed by atoms with E-state index in [1.54, 1.807) is 0 Å². The highest BCUT2D eigenvalue weighted by Crippen LogP contribution is 2.48. The van der Waals surface area contributed by atoms with Crippen molar-refractivity contribution in [2.45, 2.75) is 66.0 Å². The molecule has 1 N–H and O–H groups in total. The molecule has 1 fully saturated rings. The SMILES string of the molecule is CCCNC(c1nccn1CC)C1CCCC1(C)C. The fourth-order valence-corrected chi connectivity index (χ4v) is 3.55. The van der Waals surface area contributed by atoms with E-state index in [9.17, 15) is 0 Å².